The summed E-state index contributed by atoms with van der Waals surface area (Å²) in [5, 5.41) is 20.3. The SMILES string of the molecule is COc1cc(CCC(=O)C(C)(C)C(=O)CCc2cc(CN3CCCC3)c(O)c(OC)c2)ccc1O. The topological polar surface area (TPSA) is 96.3 Å². The summed E-state index contributed by atoms with van der Waals surface area (Å²) in [6.07, 6.45) is 3.70. The summed E-state index contributed by atoms with van der Waals surface area (Å²) in [7, 11) is 3.00. The molecule has 1 heterocycles. The summed E-state index contributed by atoms with van der Waals surface area (Å²) >= 11 is 0. The first-order chi connectivity index (χ1) is 16.6. The standard InChI is InChI=1S/C28H37NO6/c1-28(2,25(31)11-8-19-7-10-22(30)23(16-19)34-3)26(32)12-9-20-15-21(18-29-13-5-6-14-29)27(33)24(17-20)35-4/h7,10,15-17,30,33H,5-6,8-9,11-14,18H2,1-4H3. The quantitative estimate of drug-likeness (QED) is 0.431. The van der Waals surface area contributed by atoms with Crippen molar-refractivity contribution < 1.29 is 29.3 Å². The van der Waals surface area contributed by atoms with Gasteiger partial charge in [0.1, 0.15) is 11.6 Å². The van der Waals surface area contributed by atoms with Crippen LogP contribution in [0.2, 0.25) is 0 Å². The molecule has 1 aliphatic heterocycles. The lowest BCUT2D eigenvalue weighted by Crippen LogP contribution is -2.34. The number of hydrogen-bond donors (Lipinski definition) is 2. The Labute approximate surface area is 207 Å². The molecule has 0 amide bonds. The number of methoxy groups -OCH3 is 2. The van der Waals surface area contributed by atoms with E-state index in [-0.39, 0.29) is 35.9 Å². The fraction of sp³-hybridized carbons (Fsp3) is 0.500. The zero-order chi connectivity index (χ0) is 25.6. The molecule has 35 heavy (non-hydrogen) atoms. The van der Waals surface area contributed by atoms with Gasteiger partial charge in [0, 0.05) is 24.9 Å². The van der Waals surface area contributed by atoms with Crippen molar-refractivity contribution in [3.8, 4) is 23.0 Å². The van der Waals surface area contributed by atoms with Gasteiger partial charge in [-0.05, 0) is 81.9 Å². The van der Waals surface area contributed by atoms with E-state index < -0.39 is 5.41 Å². The fourth-order valence-corrected chi connectivity index (χ4v) is 4.50. The predicted octanol–water partition coefficient (Wildman–Crippen LogP) is 4.44. The van der Waals surface area contributed by atoms with Crippen molar-refractivity contribution in [2.75, 3.05) is 27.3 Å². The van der Waals surface area contributed by atoms with Gasteiger partial charge in [0.15, 0.2) is 23.0 Å². The van der Waals surface area contributed by atoms with Crippen molar-refractivity contribution in [2.45, 2.75) is 58.9 Å². The molecule has 1 aliphatic rings. The predicted molar refractivity (Wildman–Crippen MR) is 134 cm³/mol. The van der Waals surface area contributed by atoms with Gasteiger partial charge in [0.2, 0.25) is 0 Å². The molecule has 0 unspecified atom stereocenters. The highest BCUT2D eigenvalue weighted by molar-refractivity contribution is 6.06. The van der Waals surface area contributed by atoms with Crippen LogP contribution in [0.5, 0.6) is 23.0 Å². The number of aromatic hydroxyl groups is 2. The number of Topliss-reactive ketones (excluding diaryl/α,β-unsaturated/α-hetero) is 2. The number of ether oxygens (including phenoxy) is 2. The average Bonchev–Trinajstić information content (AvgIpc) is 3.36. The van der Waals surface area contributed by atoms with Gasteiger partial charge in [-0.2, -0.15) is 0 Å². The van der Waals surface area contributed by atoms with Crippen LogP contribution in [-0.4, -0.2) is 54.0 Å². The van der Waals surface area contributed by atoms with Crippen molar-refractivity contribution >= 4 is 11.6 Å². The molecule has 190 valence electrons. The van der Waals surface area contributed by atoms with Crippen molar-refractivity contribution in [3.05, 3.63) is 47.0 Å². The van der Waals surface area contributed by atoms with E-state index in [1.54, 1.807) is 38.1 Å². The maximum Gasteiger partial charge on any atom is 0.162 e. The van der Waals surface area contributed by atoms with Crippen LogP contribution in [-0.2, 0) is 29.0 Å². The Hall–Kier alpha value is -3.06. The smallest absolute Gasteiger partial charge is 0.162 e. The lowest BCUT2D eigenvalue weighted by molar-refractivity contribution is -0.138. The Kier molecular flexibility index (Phi) is 8.78. The van der Waals surface area contributed by atoms with Gasteiger partial charge < -0.3 is 19.7 Å². The minimum absolute atomic E-state index is 0.0486. The monoisotopic (exact) mass is 483 g/mol. The van der Waals surface area contributed by atoms with E-state index in [1.807, 2.05) is 6.07 Å². The molecule has 0 radical (unpaired) electrons. The maximum absolute atomic E-state index is 13.1. The van der Waals surface area contributed by atoms with Crippen LogP contribution in [0.25, 0.3) is 0 Å². The molecule has 7 heteroatoms. The number of carbonyl (C=O) groups excluding carboxylic acids is 2. The molecule has 0 saturated carbocycles. The third kappa shape index (κ3) is 6.54. The number of likely N-dealkylation sites (tertiary alicyclic amines) is 1. The molecule has 2 N–H and O–H groups in total. The average molecular weight is 484 g/mol. The lowest BCUT2D eigenvalue weighted by atomic mass is 9.79. The fourth-order valence-electron chi connectivity index (χ4n) is 4.50. The number of rotatable bonds is 12. The van der Waals surface area contributed by atoms with E-state index in [9.17, 15) is 19.8 Å². The van der Waals surface area contributed by atoms with E-state index in [2.05, 4.69) is 4.90 Å². The third-order valence-electron chi connectivity index (χ3n) is 6.95. The number of phenolic OH excluding ortho intramolecular Hbond substituents is 2. The van der Waals surface area contributed by atoms with E-state index in [4.69, 9.17) is 9.47 Å². The summed E-state index contributed by atoms with van der Waals surface area (Å²) < 4.78 is 10.5. The number of benzene rings is 2. The number of carbonyl (C=O) groups is 2. The van der Waals surface area contributed by atoms with Crippen LogP contribution in [0.1, 0.15) is 56.2 Å². The van der Waals surface area contributed by atoms with Gasteiger partial charge in [-0.15, -0.1) is 0 Å². The molecule has 0 atom stereocenters. The first-order valence-electron chi connectivity index (χ1n) is 12.2. The molecule has 0 aromatic heterocycles. The second-order valence-corrected chi connectivity index (χ2v) is 9.77. The number of phenols is 2. The summed E-state index contributed by atoms with van der Waals surface area (Å²) in [5.41, 5.74) is 1.47. The minimum Gasteiger partial charge on any atom is -0.504 e. The Morgan fingerprint density at radius 1 is 0.886 bits per heavy atom. The van der Waals surface area contributed by atoms with Gasteiger partial charge in [-0.1, -0.05) is 12.1 Å². The normalized spacial score (nSPS) is 14.2. The van der Waals surface area contributed by atoms with Gasteiger partial charge in [0.05, 0.1) is 19.6 Å². The Bertz CT molecular complexity index is 1060. The van der Waals surface area contributed by atoms with Gasteiger partial charge in [-0.25, -0.2) is 0 Å². The van der Waals surface area contributed by atoms with Crippen LogP contribution < -0.4 is 9.47 Å². The molecule has 7 nitrogen and oxygen atoms in total. The molecular weight excluding hydrogens is 446 g/mol. The van der Waals surface area contributed by atoms with Crippen molar-refractivity contribution in [3.63, 3.8) is 0 Å². The summed E-state index contributed by atoms with van der Waals surface area (Å²) in [6.45, 7) is 6.04. The zero-order valence-corrected chi connectivity index (χ0v) is 21.2. The largest absolute Gasteiger partial charge is 0.504 e. The number of aryl methyl sites for hydroxylation is 2. The van der Waals surface area contributed by atoms with E-state index in [1.165, 1.54) is 14.2 Å². The molecular formula is C28H37NO6. The summed E-state index contributed by atoms with van der Waals surface area (Å²) in [4.78, 5) is 28.3. The van der Waals surface area contributed by atoms with Crippen molar-refractivity contribution in [2.24, 2.45) is 5.41 Å². The van der Waals surface area contributed by atoms with E-state index in [0.717, 1.165) is 42.6 Å². The number of hydrogen-bond acceptors (Lipinski definition) is 7. The molecule has 1 saturated heterocycles. The van der Waals surface area contributed by atoms with Crippen LogP contribution in [0.15, 0.2) is 30.3 Å². The van der Waals surface area contributed by atoms with Crippen LogP contribution in [0.3, 0.4) is 0 Å². The van der Waals surface area contributed by atoms with E-state index in [0.29, 0.717) is 30.9 Å². The molecule has 0 bridgehead atoms. The van der Waals surface area contributed by atoms with Crippen molar-refractivity contribution in [1.82, 2.24) is 4.90 Å². The maximum atomic E-state index is 13.1. The first kappa shape index (κ1) is 26.5. The molecule has 2 aromatic carbocycles. The lowest BCUT2D eigenvalue weighted by Gasteiger charge is -2.22. The van der Waals surface area contributed by atoms with Crippen LogP contribution in [0.4, 0.5) is 0 Å². The Balaban J connectivity index is 1.62. The highest BCUT2D eigenvalue weighted by Crippen LogP contribution is 2.34. The summed E-state index contributed by atoms with van der Waals surface area (Å²) in [5.74, 6) is 0.734. The highest BCUT2D eigenvalue weighted by Gasteiger charge is 2.34. The van der Waals surface area contributed by atoms with Gasteiger partial charge >= 0.3 is 0 Å². The van der Waals surface area contributed by atoms with E-state index >= 15 is 0 Å². The zero-order valence-electron chi connectivity index (χ0n) is 21.2. The van der Waals surface area contributed by atoms with Crippen molar-refractivity contribution in [1.29, 1.82) is 0 Å². The number of ketones is 2. The molecule has 0 aliphatic carbocycles. The Morgan fingerprint density at radius 3 is 2.06 bits per heavy atom. The van der Waals surface area contributed by atoms with Gasteiger partial charge in [0.25, 0.3) is 0 Å². The van der Waals surface area contributed by atoms with Crippen LogP contribution >= 0.6 is 0 Å². The second kappa shape index (κ2) is 11.6. The Morgan fingerprint density at radius 2 is 1.46 bits per heavy atom. The molecule has 3 rings (SSSR count). The third-order valence-corrected chi connectivity index (χ3v) is 6.95. The highest BCUT2D eigenvalue weighted by atomic mass is 16.5. The number of nitrogens with zero attached hydrogens (tertiary/aromatic N) is 1. The van der Waals surface area contributed by atoms with Crippen LogP contribution in [0, 0.1) is 5.41 Å². The second-order valence-electron chi connectivity index (χ2n) is 9.77. The molecule has 1 fully saturated rings. The first-order valence-corrected chi connectivity index (χ1v) is 12.2. The molecule has 0 spiro atoms. The summed E-state index contributed by atoms with van der Waals surface area (Å²) in [6, 6.07) is 8.70. The molecule has 2 aromatic rings. The van der Waals surface area contributed by atoms with Gasteiger partial charge in [-0.3, -0.25) is 14.5 Å². The minimum atomic E-state index is -1.10.